The van der Waals surface area contributed by atoms with Gasteiger partial charge >= 0.3 is 5.97 Å². The summed E-state index contributed by atoms with van der Waals surface area (Å²) in [7, 11) is 0. The van der Waals surface area contributed by atoms with E-state index in [9.17, 15) is 19.5 Å². The van der Waals surface area contributed by atoms with Gasteiger partial charge in [0.15, 0.2) is 5.41 Å². The number of carboxylic acids is 1. The number of carboxylic acid groups (broad SMARTS) is 1. The molecule has 0 spiro atoms. The standard InChI is InChI=1S/C19H19NO4/c1-3-12-8-7-9-13(4-2)15(12)20-16(21)14-10-5-6-11-19(14,17(20)22)18(23)24/h5-11,14H,3-4H2,1-2H3,(H,23,24). The molecule has 1 aliphatic heterocycles. The number of anilines is 1. The average molecular weight is 325 g/mol. The van der Waals surface area contributed by atoms with Gasteiger partial charge in [0.05, 0.1) is 11.6 Å². The molecule has 1 heterocycles. The molecule has 5 heteroatoms. The Morgan fingerprint density at radius 2 is 1.79 bits per heavy atom. The Kier molecular flexibility index (Phi) is 3.87. The van der Waals surface area contributed by atoms with Gasteiger partial charge in [0, 0.05) is 0 Å². The van der Waals surface area contributed by atoms with E-state index >= 15 is 0 Å². The van der Waals surface area contributed by atoms with Crippen LogP contribution in [0.1, 0.15) is 25.0 Å². The fourth-order valence-electron chi connectivity index (χ4n) is 3.55. The molecule has 1 aromatic carbocycles. The maximum absolute atomic E-state index is 13.1. The Labute approximate surface area is 140 Å². The van der Waals surface area contributed by atoms with E-state index in [0.29, 0.717) is 18.5 Å². The third-order valence-electron chi connectivity index (χ3n) is 4.85. The largest absolute Gasteiger partial charge is 0.480 e. The van der Waals surface area contributed by atoms with Crippen molar-refractivity contribution in [2.75, 3.05) is 4.90 Å². The highest BCUT2D eigenvalue weighted by Crippen LogP contribution is 2.46. The zero-order valence-electron chi connectivity index (χ0n) is 13.7. The van der Waals surface area contributed by atoms with Crippen molar-refractivity contribution in [3.63, 3.8) is 0 Å². The Bertz CT molecular complexity index is 770. The maximum atomic E-state index is 13.1. The summed E-state index contributed by atoms with van der Waals surface area (Å²) in [5, 5.41) is 9.72. The molecule has 124 valence electrons. The number of aryl methyl sites for hydroxylation is 2. The molecule has 2 unspecified atom stereocenters. The lowest BCUT2D eigenvalue weighted by Gasteiger charge is -2.24. The predicted molar refractivity (Wildman–Crippen MR) is 89.5 cm³/mol. The van der Waals surface area contributed by atoms with Crippen molar-refractivity contribution in [1.29, 1.82) is 0 Å². The quantitative estimate of drug-likeness (QED) is 0.682. The van der Waals surface area contributed by atoms with Gasteiger partial charge in [-0.15, -0.1) is 0 Å². The van der Waals surface area contributed by atoms with Crippen LogP contribution in [0.4, 0.5) is 5.69 Å². The number of amides is 2. The fraction of sp³-hybridized carbons (Fsp3) is 0.316. The molecule has 3 rings (SSSR count). The van der Waals surface area contributed by atoms with Gasteiger partial charge in [0.1, 0.15) is 0 Å². The molecule has 24 heavy (non-hydrogen) atoms. The van der Waals surface area contributed by atoms with Gasteiger partial charge in [0.25, 0.3) is 5.91 Å². The zero-order valence-corrected chi connectivity index (χ0v) is 13.7. The smallest absolute Gasteiger partial charge is 0.324 e. The van der Waals surface area contributed by atoms with Gasteiger partial charge in [-0.3, -0.25) is 14.4 Å². The number of nitrogens with zero attached hydrogens (tertiary/aromatic N) is 1. The summed E-state index contributed by atoms with van der Waals surface area (Å²) in [4.78, 5) is 39.1. The minimum Gasteiger partial charge on any atom is -0.480 e. The van der Waals surface area contributed by atoms with Crippen LogP contribution in [-0.4, -0.2) is 22.9 Å². The molecule has 2 amide bonds. The van der Waals surface area contributed by atoms with E-state index in [1.54, 1.807) is 6.08 Å². The lowest BCUT2D eigenvalue weighted by Crippen LogP contribution is -2.42. The lowest BCUT2D eigenvalue weighted by molar-refractivity contribution is -0.152. The van der Waals surface area contributed by atoms with Crippen molar-refractivity contribution in [1.82, 2.24) is 0 Å². The number of para-hydroxylation sites is 1. The van der Waals surface area contributed by atoms with Crippen molar-refractivity contribution in [3.8, 4) is 0 Å². The van der Waals surface area contributed by atoms with E-state index in [2.05, 4.69) is 0 Å². The molecule has 0 saturated carbocycles. The molecule has 0 bridgehead atoms. The number of rotatable bonds is 4. The summed E-state index contributed by atoms with van der Waals surface area (Å²) in [6.45, 7) is 3.90. The van der Waals surface area contributed by atoms with E-state index in [1.807, 2.05) is 32.0 Å². The zero-order chi connectivity index (χ0) is 17.5. The van der Waals surface area contributed by atoms with Gasteiger partial charge < -0.3 is 5.11 Å². The highest BCUT2D eigenvalue weighted by molar-refractivity contribution is 6.31. The van der Waals surface area contributed by atoms with Crippen molar-refractivity contribution >= 4 is 23.5 Å². The van der Waals surface area contributed by atoms with Gasteiger partial charge in [-0.2, -0.15) is 0 Å². The first-order valence-electron chi connectivity index (χ1n) is 8.07. The van der Waals surface area contributed by atoms with Crippen molar-refractivity contribution < 1.29 is 19.5 Å². The highest BCUT2D eigenvalue weighted by Gasteiger charge is 2.63. The summed E-state index contributed by atoms with van der Waals surface area (Å²) in [6.07, 6.45) is 7.28. The molecule has 1 fully saturated rings. The molecule has 1 aromatic rings. The average Bonchev–Trinajstić information content (AvgIpc) is 2.83. The van der Waals surface area contributed by atoms with Crippen LogP contribution in [-0.2, 0) is 27.2 Å². The molecule has 2 aliphatic rings. The molecule has 1 N–H and O–H groups in total. The van der Waals surface area contributed by atoms with E-state index < -0.39 is 29.1 Å². The number of fused-ring (bicyclic) bond motifs is 1. The summed E-state index contributed by atoms with van der Waals surface area (Å²) in [5.74, 6) is -3.44. The Morgan fingerprint density at radius 3 is 2.29 bits per heavy atom. The van der Waals surface area contributed by atoms with Crippen LogP contribution in [0.3, 0.4) is 0 Å². The summed E-state index contributed by atoms with van der Waals surface area (Å²) < 4.78 is 0. The van der Waals surface area contributed by atoms with E-state index in [0.717, 1.165) is 16.0 Å². The molecule has 5 nitrogen and oxygen atoms in total. The Morgan fingerprint density at radius 1 is 1.17 bits per heavy atom. The molecule has 2 atom stereocenters. The molecular formula is C19H19NO4. The maximum Gasteiger partial charge on any atom is 0.324 e. The third-order valence-corrected chi connectivity index (χ3v) is 4.85. The Balaban J connectivity index is 2.23. The van der Waals surface area contributed by atoms with Crippen molar-refractivity contribution in [3.05, 3.63) is 53.6 Å². The summed E-state index contributed by atoms with van der Waals surface area (Å²) in [6, 6.07) is 5.64. The number of carbonyl (C=O) groups excluding carboxylic acids is 2. The SMILES string of the molecule is CCc1cccc(CC)c1N1C(=O)C2C=CC=CC2(C(=O)O)C1=O. The minimum absolute atomic E-state index is 0.474. The first kappa shape index (κ1) is 16.2. The molecule has 1 aliphatic carbocycles. The van der Waals surface area contributed by atoms with Crippen molar-refractivity contribution in [2.24, 2.45) is 11.3 Å². The van der Waals surface area contributed by atoms with Crippen molar-refractivity contribution in [2.45, 2.75) is 26.7 Å². The topological polar surface area (TPSA) is 74.7 Å². The van der Waals surface area contributed by atoms with Crippen LogP contribution in [0.15, 0.2) is 42.5 Å². The Hall–Kier alpha value is -2.69. The summed E-state index contributed by atoms with van der Waals surface area (Å²) in [5.41, 5.74) is 0.443. The number of benzene rings is 1. The number of hydrogen-bond acceptors (Lipinski definition) is 3. The van der Waals surface area contributed by atoms with Crippen LogP contribution in [0.2, 0.25) is 0 Å². The van der Waals surface area contributed by atoms with Crippen LogP contribution in [0.25, 0.3) is 0 Å². The normalized spacial score (nSPS) is 25.2. The van der Waals surface area contributed by atoms with Gasteiger partial charge in [-0.25, -0.2) is 4.90 Å². The molecule has 0 aromatic heterocycles. The summed E-state index contributed by atoms with van der Waals surface area (Å²) >= 11 is 0. The third kappa shape index (κ3) is 1.97. The monoisotopic (exact) mass is 325 g/mol. The van der Waals surface area contributed by atoms with Crippen LogP contribution < -0.4 is 4.90 Å². The first-order chi connectivity index (χ1) is 11.5. The van der Waals surface area contributed by atoms with Crippen LogP contribution >= 0.6 is 0 Å². The van der Waals surface area contributed by atoms with E-state index in [4.69, 9.17) is 0 Å². The van der Waals surface area contributed by atoms with Gasteiger partial charge in [-0.05, 0) is 24.0 Å². The number of imide groups is 1. The van der Waals surface area contributed by atoms with Crippen LogP contribution in [0, 0.1) is 11.3 Å². The van der Waals surface area contributed by atoms with E-state index in [1.165, 1.54) is 18.2 Å². The lowest BCUT2D eigenvalue weighted by atomic mass is 9.74. The van der Waals surface area contributed by atoms with E-state index in [-0.39, 0.29) is 0 Å². The highest BCUT2D eigenvalue weighted by atomic mass is 16.4. The second kappa shape index (κ2) is 5.74. The minimum atomic E-state index is -1.84. The number of aliphatic carboxylic acids is 1. The second-order valence-corrected chi connectivity index (χ2v) is 6.01. The number of carbonyl (C=O) groups is 3. The second-order valence-electron chi connectivity index (χ2n) is 6.01. The number of allylic oxidation sites excluding steroid dienone is 2. The van der Waals surface area contributed by atoms with Crippen LogP contribution in [0.5, 0.6) is 0 Å². The molecule has 0 radical (unpaired) electrons. The first-order valence-corrected chi connectivity index (χ1v) is 8.07. The predicted octanol–water partition coefficient (Wildman–Crippen LogP) is 2.50. The molecular weight excluding hydrogens is 306 g/mol. The van der Waals surface area contributed by atoms with Gasteiger partial charge in [0.2, 0.25) is 5.91 Å². The number of hydrogen-bond donors (Lipinski definition) is 1. The van der Waals surface area contributed by atoms with Gasteiger partial charge in [-0.1, -0.05) is 56.4 Å². The fourth-order valence-corrected chi connectivity index (χ4v) is 3.55. The molecule has 1 saturated heterocycles.